The molecule has 1 aromatic rings. The van der Waals surface area contributed by atoms with Crippen LogP contribution in [0.25, 0.3) is 0 Å². The van der Waals surface area contributed by atoms with Gasteiger partial charge in [-0.15, -0.1) is 0 Å². The normalized spacial score (nSPS) is 11.8. The Morgan fingerprint density at radius 1 is 1.29 bits per heavy atom. The highest BCUT2D eigenvalue weighted by atomic mass is 32.2. The number of rotatable bonds is 5. The Kier molecular flexibility index (Phi) is 4.36. The predicted octanol–water partition coefficient (Wildman–Crippen LogP) is 1.58. The summed E-state index contributed by atoms with van der Waals surface area (Å²) in [7, 11) is -3.51. The summed E-state index contributed by atoms with van der Waals surface area (Å²) in [4.78, 5) is 0. The highest BCUT2D eigenvalue weighted by molar-refractivity contribution is 7.90. The molecule has 0 spiro atoms. The van der Waals surface area contributed by atoms with Gasteiger partial charge in [-0.25, -0.2) is 0 Å². The van der Waals surface area contributed by atoms with Crippen LogP contribution >= 0.6 is 0 Å². The van der Waals surface area contributed by atoms with E-state index in [1.54, 1.807) is 26.0 Å². The average Bonchev–Trinajstić information content (AvgIpc) is 2.24. The summed E-state index contributed by atoms with van der Waals surface area (Å²) in [6, 6.07) is 5.25. The van der Waals surface area contributed by atoms with Crippen LogP contribution in [0.15, 0.2) is 18.2 Å². The van der Waals surface area contributed by atoms with Crippen molar-refractivity contribution in [1.82, 2.24) is 4.31 Å². The second kappa shape index (κ2) is 5.37. The molecule has 0 bridgehead atoms. The van der Waals surface area contributed by atoms with Gasteiger partial charge in [0.1, 0.15) is 0 Å². The first kappa shape index (κ1) is 13.8. The van der Waals surface area contributed by atoms with Crippen LogP contribution in [-0.2, 0) is 10.2 Å². The molecule has 0 aliphatic carbocycles. The molecule has 0 saturated carbocycles. The maximum Gasteiger partial charge on any atom is 0.301 e. The van der Waals surface area contributed by atoms with Crippen LogP contribution in [0.2, 0.25) is 0 Å². The summed E-state index contributed by atoms with van der Waals surface area (Å²) in [6.45, 7) is 6.33. The molecular weight excluding hydrogens is 238 g/mol. The van der Waals surface area contributed by atoms with E-state index in [1.807, 2.05) is 13.0 Å². The monoisotopic (exact) mass is 257 g/mol. The molecule has 0 aliphatic rings. The molecule has 6 heteroatoms. The van der Waals surface area contributed by atoms with Gasteiger partial charge in [0.05, 0.1) is 11.4 Å². The maximum atomic E-state index is 12.0. The third kappa shape index (κ3) is 3.34. The molecule has 0 unspecified atom stereocenters. The standard InChI is InChI=1S/C11H19N3O2S/c1-4-14(5-2)17(15,16)13-11-8-9(3)6-7-10(11)12/h6-8,13H,4-5,12H2,1-3H3. The van der Waals surface area contributed by atoms with Crippen LogP contribution in [0, 0.1) is 6.92 Å². The van der Waals surface area contributed by atoms with E-state index in [9.17, 15) is 8.42 Å². The van der Waals surface area contributed by atoms with E-state index >= 15 is 0 Å². The molecule has 96 valence electrons. The molecule has 0 heterocycles. The van der Waals surface area contributed by atoms with Gasteiger partial charge in [0, 0.05) is 13.1 Å². The summed E-state index contributed by atoms with van der Waals surface area (Å²) in [5, 5.41) is 0. The van der Waals surface area contributed by atoms with Crippen molar-refractivity contribution in [3.63, 3.8) is 0 Å². The van der Waals surface area contributed by atoms with Gasteiger partial charge in [0.15, 0.2) is 0 Å². The van der Waals surface area contributed by atoms with E-state index < -0.39 is 10.2 Å². The second-order valence-electron chi connectivity index (χ2n) is 3.78. The SMILES string of the molecule is CCN(CC)S(=O)(=O)Nc1cc(C)ccc1N. The Balaban J connectivity index is 3.01. The number of nitrogens with zero attached hydrogens (tertiary/aromatic N) is 1. The Hall–Kier alpha value is -1.27. The van der Waals surface area contributed by atoms with Crippen molar-refractivity contribution in [3.8, 4) is 0 Å². The minimum atomic E-state index is -3.51. The Bertz CT molecular complexity index is 481. The highest BCUT2D eigenvalue weighted by Crippen LogP contribution is 2.21. The van der Waals surface area contributed by atoms with E-state index in [-0.39, 0.29) is 0 Å². The van der Waals surface area contributed by atoms with E-state index in [1.165, 1.54) is 4.31 Å². The summed E-state index contributed by atoms with van der Waals surface area (Å²) >= 11 is 0. The van der Waals surface area contributed by atoms with Gasteiger partial charge >= 0.3 is 10.2 Å². The number of anilines is 2. The fourth-order valence-corrected chi connectivity index (χ4v) is 2.79. The molecule has 0 saturated heterocycles. The molecule has 5 nitrogen and oxygen atoms in total. The zero-order chi connectivity index (χ0) is 13.1. The molecule has 17 heavy (non-hydrogen) atoms. The molecule has 0 amide bonds. The Labute approximate surface area is 103 Å². The number of hydrogen-bond acceptors (Lipinski definition) is 3. The molecule has 0 radical (unpaired) electrons. The van der Waals surface area contributed by atoms with Gasteiger partial charge in [-0.3, -0.25) is 4.72 Å². The van der Waals surface area contributed by atoms with Crippen LogP contribution in [0.4, 0.5) is 11.4 Å². The number of nitrogens with one attached hydrogen (secondary N) is 1. The zero-order valence-corrected chi connectivity index (χ0v) is 11.2. The number of nitrogens with two attached hydrogens (primary N) is 1. The lowest BCUT2D eigenvalue weighted by Gasteiger charge is -2.20. The fraction of sp³-hybridized carbons (Fsp3) is 0.455. The van der Waals surface area contributed by atoms with Crippen molar-refractivity contribution in [2.75, 3.05) is 23.5 Å². The lowest BCUT2D eigenvalue weighted by Crippen LogP contribution is -2.35. The second-order valence-corrected chi connectivity index (χ2v) is 5.45. The number of benzene rings is 1. The van der Waals surface area contributed by atoms with Crippen LogP contribution in [0.3, 0.4) is 0 Å². The van der Waals surface area contributed by atoms with Crippen molar-refractivity contribution < 1.29 is 8.42 Å². The van der Waals surface area contributed by atoms with Gasteiger partial charge in [0.25, 0.3) is 0 Å². The molecule has 0 aliphatic heterocycles. The van der Waals surface area contributed by atoms with Gasteiger partial charge in [0.2, 0.25) is 0 Å². The van der Waals surface area contributed by atoms with Crippen molar-refractivity contribution in [3.05, 3.63) is 23.8 Å². The summed E-state index contributed by atoms with van der Waals surface area (Å²) in [6.07, 6.45) is 0. The molecule has 1 aromatic carbocycles. The smallest absolute Gasteiger partial charge is 0.301 e. The van der Waals surface area contributed by atoms with Crippen molar-refractivity contribution in [2.24, 2.45) is 0 Å². The van der Waals surface area contributed by atoms with Crippen LogP contribution in [0.1, 0.15) is 19.4 Å². The molecule has 0 atom stereocenters. The van der Waals surface area contributed by atoms with Gasteiger partial charge in [-0.2, -0.15) is 12.7 Å². The topological polar surface area (TPSA) is 75.4 Å². The first-order valence-electron chi connectivity index (χ1n) is 5.54. The minimum absolute atomic E-state index is 0.423. The third-order valence-electron chi connectivity index (χ3n) is 2.49. The Morgan fingerprint density at radius 2 is 1.88 bits per heavy atom. The average molecular weight is 257 g/mol. The van der Waals surface area contributed by atoms with E-state index in [0.717, 1.165) is 5.56 Å². The summed E-state index contributed by atoms with van der Waals surface area (Å²) < 4.78 is 27.8. The number of nitrogen functional groups attached to an aromatic ring is 1. The summed E-state index contributed by atoms with van der Waals surface area (Å²) in [5.74, 6) is 0. The lowest BCUT2D eigenvalue weighted by atomic mass is 10.2. The summed E-state index contributed by atoms with van der Waals surface area (Å²) in [5.41, 5.74) is 7.54. The first-order chi connectivity index (χ1) is 7.90. The van der Waals surface area contributed by atoms with Gasteiger partial charge in [-0.05, 0) is 24.6 Å². The Morgan fingerprint density at radius 3 is 2.41 bits per heavy atom. The van der Waals surface area contributed by atoms with E-state index in [0.29, 0.717) is 24.5 Å². The van der Waals surface area contributed by atoms with Crippen LogP contribution in [0.5, 0.6) is 0 Å². The van der Waals surface area contributed by atoms with Crippen LogP contribution < -0.4 is 10.5 Å². The highest BCUT2D eigenvalue weighted by Gasteiger charge is 2.19. The molecule has 1 rings (SSSR count). The molecule has 0 aromatic heterocycles. The lowest BCUT2D eigenvalue weighted by molar-refractivity contribution is 0.449. The predicted molar refractivity (Wildman–Crippen MR) is 71.1 cm³/mol. The first-order valence-corrected chi connectivity index (χ1v) is 6.98. The van der Waals surface area contributed by atoms with Gasteiger partial charge in [-0.1, -0.05) is 19.9 Å². The van der Waals surface area contributed by atoms with Gasteiger partial charge < -0.3 is 5.73 Å². The molecule has 3 N–H and O–H groups in total. The minimum Gasteiger partial charge on any atom is -0.397 e. The zero-order valence-electron chi connectivity index (χ0n) is 10.4. The van der Waals surface area contributed by atoms with E-state index in [2.05, 4.69) is 4.72 Å². The molecular formula is C11H19N3O2S. The number of aryl methyl sites for hydroxylation is 1. The van der Waals surface area contributed by atoms with Crippen molar-refractivity contribution >= 4 is 21.6 Å². The maximum absolute atomic E-state index is 12.0. The quantitative estimate of drug-likeness (QED) is 0.786. The number of hydrogen-bond donors (Lipinski definition) is 2. The van der Waals surface area contributed by atoms with E-state index in [4.69, 9.17) is 5.73 Å². The third-order valence-corrected chi connectivity index (χ3v) is 4.17. The largest absolute Gasteiger partial charge is 0.397 e. The van der Waals surface area contributed by atoms with Crippen molar-refractivity contribution in [2.45, 2.75) is 20.8 Å². The fourth-order valence-electron chi connectivity index (χ4n) is 1.53. The van der Waals surface area contributed by atoms with Crippen molar-refractivity contribution in [1.29, 1.82) is 0 Å². The van der Waals surface area contributed by atoms with Crippen LogP contribution in [-0.4, -0.2) is 25.8 Å². The molecule has 0 fully saturated rings.